The number of amides is 3. The monoisotopic (exact) mass is 386 g/mol. The molecule has 0 rings (SSSR count). The van der Waals surface area contributed by atoms with Crippen LogP contribution in [0.4, 0.5) is 0 Å². The van der Waals surface area contributed by atoms with Gasteiger partial charge in [0.1, 0.15) is 18.1 Å². The van der Waals surface area contributed by atoms with Crippen molar-refractivity contribution in [1.29, 1.82) is 0 Å². The van der Waals surface area contributed by atoms with Gasteiger partial charge in [-0.25, -0.2) is 4.79 Å². The van der Waals surface area contributed by atoms with Crippen molar-refractivity contribution in [2.45, 2.75) is 78.6 Å². The minimum absolute atomic E-state index is 0.0829. The van der Waals surface area contributed by atoms with E-state index in [1.54, 1.807) is 6.92 Å². The Labute approximate surface area is 160 Å². The lowest BCUT2D eigenvalue weighted by molar-refractivity contribution is -0.142. The average molecular weight is 386 g/mol. The fourth-order valence-electron chi connectivity index (χ4n) is 2.34. The lowest BCUT2D eigenvalue weighted by atomic mass is 9.97. The van der Waals surface area contributed by atoms with E-state index in [2.05, 4.69) is 16.0 Å². The largest absolute Gasteiger partial charge is 0.480 e. The number of rotatable bonds is 11. The Morgan fingerprint density at radius 3 is 1.85 bits per heavy atom. The van der Waals surface area contributed by atoms with Crippen molar-refractivity contribution in [3.05, 3.63) is 0 Å². The number of hydrogen-bond acceptors (Lipinski definition) is 5. The Balaban J connectivity index is 5.01. The molecule has 0 saturated heterocycles. The lowest BCUT2D eigenvalue weighted by Crippen LogP contribution is -2.57. The Kier molecular flexibility index (Phi) is 10.6. The molecule has 0 bridgehead atoms. The van der Waals surface area contributed by atoms with E-state index in [-0.39, 0.29) is 18.3 Å². The quantitative estimate of drug-likeness (QED) is 0.337. The molecule has 6 N–H and O–H groups in total. The van der Waals surface area contributed by atoms with Gasteiger partial charge in [0.05, 0.1) is 6.04 Å². The molecule has 9 heteroatoms. The van der Waals surface area contributed by atoms with Gasteiger partial charge in [0, 0.05) is 0 Å². The van der Waals surface area contributed by atoms with Crippen LogP contribution < -0.4 is 21.7 Å². The van der Waals surface area contributed by atoms with Crippen LogP contribution in [0.5, 0.6) is 0 Å². The molecule has 5 atom stereocenters. The summed E-state index contributed by atoms with van der Waals surface area (Å²) in [6.07, 6.45) is 0.912. The molecule has 0 spiro atoms. The van der Waals surface area contributed by atoms with Gasteiger partial charge in [0.2, 0.25) is 17.7 Å². The maximum absolute atomic E-state index is 12.6. The van der Waals surface area contributed by atoms with E-state index in [4.69, 9.17) is 5.73 Å². The van der Waals surface area contributed by atoms with Crippen LogP contribution >= 0.6 is 0 Å². The molecule has 0 aromatic carbocycles. The zero-order valence-corrected chi connectivity index (χ0v) is 17.0. The maximum Gasteiger partial charge on any atom is 0.326 e. The summed E-state index contributed by atoms with van der Waals surface area (Å²) >= 11 is 0. The van der Waals surface area contributed by atoms with E-state index in [0.717, 1.165) is 0 Å². The normalized spacial score (nSPS) is 16.6. The first kappa shape index (κ1) is 24.8. The van der Waals surface area contributed by atoms with Gasteiger partial charge in [-0.1, -0.05) is 34.1 Å². The van der Waals surface area contributed by atoms with E-state index < -0.39 is 47.9 Å². The molecule has 27 heavy (non-hydrogen) atoms. The second-order valence-electron chi connectivity index (χ2n) is 7.42. The minimum atomic E-state index is -1.13. The van der Waals surface area contributed by atoms with Crippen molar-refractivity contribution in [3.63, 3.8) is 0 Å². The van der Waals surface area contributed by atoms with Gasteiger partial charge in [0.25, 0.3) is 0 Å². The van der Waals surface area contributed by atoms with Crippen LogP contribution in [0.2, 0.25) is 0 Å². The summed E-state index contributed by atoms with van der Waals surface area (Å²) < 4.78 is 0. The molecule has 0 aliphatic heterocycles. The van der Waals surface area contributed by atoms with Crippen LogP contribution in [0.3, 0.4) is 0 Å². The van der Waals surface area contributed by atoms with E-state index in [9.17, 15) is 24.3 Å². The fourth-order valence-corrected chi connectivity index (χ4v) is 2.34. The van der Waals surface area contributed by atoms with Gasteiger partial charge in [-0.2, -0.15) is 0 Å². The molecule has 9 nitrogen and oxygen atoms in total. The highest BCUT2D eigenvalue weighted by Gasteiger charge is 2.30. The third-order valence-electron chi connectivity index (χ3n) is 4.28. The first-order chi connectivity index (χ1) is 12.4. The first-order valence-electron chi connectivity index (χ1n) is 9.30. The zero-order valence-electron chi connectivity index (χ0n) is 17.0. The first-order valence-corrected chi connectivity index (χ1v) is 9.30. The molecule has 0 aliphatic carbocycles. The van der Waals surface area contributed by atoms with Crippen molar-refractivity contribution in [2.24, 2.45) is 17.6 Å². The number of carbonyl (C=O) groups is 4. The SMILES string of the molecule is CC[C@H](C)[C@H](NC(=O)[C@H](C)N)C(=O)N[C@@H](C)C(=O)N[C@@H](CC(C)C)C(=O)O. The molecule has 0 saturated carbocycles. The van der Waals surface area contributed by atoms with Crippen molar-refractivity contribution >= 4 is 23.7 Å². The summed E-state index contributed by atoms with van der Waals surface area (Å²) in [6, 6.07) is -3.59. The van der Waals surface area contributed by atoms with Crippen LogP contribution in [-0.2, 0) is 19.2 Å². The molecule has 0 aliphatic rings. The predicted octanol–water partition coefficient (Wildman–Crippen LogP) is -0.0153. The zero-order chi connectivity index (χ0) is 21.3. The molecular formula is C18H34N4O5. The van der Waals surface area contributed by atoms with Crippen LogP contribution in [-0.4, -0.2) is 53.0 Å². The third-order valence-corrected chi connectivity index (χ3v) is 4.28. The van der Waals surface area contributed by atoms with Crippen LogP contribution in [0.25, 0.3) is 0 Å². The highest BCUT2D eigenvalue weighted by molar-refractivity contribution is 5.93. The molecule has 0 fully saturated rings. The molecule has 0 aromatic heterocycles. The van der Waals surface area contributed by atoms with Crippen LogP contribution in [0, 0.1) is 11.8 Å². The number of carboxylic acids is 1. The van der Waals surface area contributed by atoms with Crippen molar-refractivity contribution in [2.75, 3.05) is 0 Å². The van der Waals surface area contributed by atoms with Gasteiger partial charge in [-0.05, 0) is 32.1 Å². The van der Waals surface area contributed by atoms with E-state index in [0.29, 0.717) is 6.42 Å². The summed E-state index contributed by atoms with van der Waals surface area (Å²) in [5.74, 6) is -2.79. The number of nitrogens with one attached hydrogen (secondary N) is 3. The number of nitrogens with two attached hydrogens (primary N) is 1. The van der Waals surface area contributed by atoms with Crippen molar-refractivity contribution in [3.8, 4) is 0 Å². The predicted molar refractivity (Wildman–Crippen MR) is 102 cm³/mol. The maximum atomic E-state index is 12.6. The summed E-state index contributed by atoms with van der Waals surface area (Å²) in [6.45, 7) is 10.4. The summed E-state index contributed by atoms with van der Waals surface area (Å²) in [5.41, 5.74) is 5.53. The molecule has 3 amide bonds. The van der Waals surface area contributed by atoms with Crippen molar-refractivity contribution < 1.29 is 24.3 Å². The summed E-state index contributed by atoms with van der Waals surface area (Å²) in [7, 11) is 0. The number of hydrogen-bond donors (Lipinski definition) is 5. The summed E-state index contributed by atoms with van der Waals surface area (Å²) in [4.78, 5) is 48.0. The molecule has 0 radical (unpaired) electrons. The van der Waals surface area contributed by atoms with Crippen LogP contribution in [0.1, 0.15) is 54.4 Å². The molecule has 0 unspecified atom stereocenters. The number of carbonyl (C=O) groups excluding carboxylic acids is 3. The van der Waals surface area contributed by atoms with Gasteiger partial charge in [-0.15, -0.1) is 0 Å². The Hall–Kier alpha value is -2.16. The third kappa shape index (κ3) is 8.85. The van der Waals surface area contributed by atoms with E-state index >= 15 is 0 Å². The van der Waals surface area contributed by atoms with Crippen LogP contribution in [0.15, 0.2) is 0 Å². The second-order valence-corrected chi connectivity index (χ2v) is 7.42. The lowest BCUT2D eigenvalue weighted by Gasteiger charge is -2.26. The van der Waals surface area contributed by atoms with Gasteiger partial charge < -0.3 is 26.8 Å². The molecule has 156 valence electrons. The molecular weight excluding hydrogens is 352 g/mol. The minimum Gasteiger partial charge on any atom is -0.480 e. The highest BCUT2D eigenvalue weighted by atomic mass is 16.4. The van der Waals surface area contributed by atoms with Gasteiger partial charge in [0.15, 0.2) is 0 Å². The highest BCUT2D eigenvalue weighted by Crippen LogP contribution is 2.09. The number of aliphatic carboxylic acids is 1. The van der Waals surface area contributed by atoms with E-state index in [1.165, 1.54) is 13.8 Å². The van der Waals surface area contributed by atoms with Gasteiger partial charge in [-0.3, -0.25) is 14.4 Å². The fraction of sp³-hybridized carbons (Fsp3) is 0.778. The number of carboxylic acid groups (broad SMARTS) is 1. The topological polar surface area (TPSA) is 151 Å². The molecule has 0 aromatic rings. The van der Waals surface area contributed by atoms with Gasteiger partial charge >= 0.3 is 5.97 Å². The van der Waals surface area contributed by atoms with Crippen molar-refractivity contribution in [1.82, 2.24) is 16.0 Å². The summed E-state index contributed by atoms with van der Waals surface area (Å²) in [5, 5.41) is 16.8. The second kappa shape index (κ2) is 11.5. The van der Waals surface area contributed by atoms with E-state index in [1.807, 2.05) is 20.8 Å². The average Bonchev–Trinajstić information content (AvgIpc) is 2.56. The molecule has 0 heterocycles. The standard InChI is InChI=1S/C18H34N4O5/c1-7-10(4)14(22-15(23)11(5)19)17(25)20-12(6)16(24)21-13(18(26)27)8-9(2)3/h9-14H,7-8,19H2,1-6H3,(H,20,25)(H,21,24)(H,22,23)(H,26,27)/t10-,11-,12-,13-,14-/m0/s1. The Bertz CT molecular complexity index is 536. The smallest absolute Gasteiger partial charge is 0.326 e. The Morgan fingerprint density at radius 1 is 0.889 bits per heavy atom. The Morgan fingerprint density at radius 2 is 1.44 bits per heavy atom.